The summed E-state index contributed by atoms with van der Waals surface area (Å²) in [6, 6.07) is 2.13. The molecule has 2 aliphatic carbocycles. The Morgan fingerprint density at radius 2 is 2.10 bits per heavy atom. The summed E-state index contributed by atoms with van der Waals surface area (Å²) >= 11 is 0. The highest BCUT2D eigenvalue weighted by Crippen LogP contribution is 2.44. The zero-order chi connectivity index (χ0) is 14.1. The van der Waals surface area contributed by atoms with Gasteiger partial charge in [0.05, 0.1) is 0 Å². The molecular weight excluding hydrogens is 252 g/mol. The van der Waals surface area contributed by atoms with Gasteiger partial charge in [-0.2, -0.15) is 0 Å². The Balaban J connectivity index is 1.52. The Morgan fingerprint density at radius 3 is 2.75 bits per heavy atom. The van der Waals surface area contributed by atoms with Crippen molar-refractivity contribution in [3.63, 3.8) is 0 Å². The number of carbonyl (C=O) groups excluding carboxylic acids is 1. The highest BCUT2D eigenvalue weighted by Gasteiger charge is 2.44. The van der Waals surface area contributed by atoms with Crippen molar-refractivity contribution in [2.45, 2.75) is 64.3 Å². The van der Waals surface area contributed by atoms with Crippen LogP contribution in [0.15, 0.2) is 10.6 Å². The maximum Gasteiger partial charge on any atom is 0.273 e. The topological polar surface area (TPSA) is 55.1 Å². The summed E-state index contributed by atoms with van der Waals surface area (Å²) in [5.74, 6) is 2.49. The fourth-order valence-electron chi connectivity index (χ4n) is 3.37. The molecule has 1 aromatic heterocycles. The van der Waals surface area contributed by atoms with E-state index < -0.39 is 0 Å². The van der Waals surface area contributed by atoms with Crippen molar-refractivity contribution in [2.75, 3.05) is 0 Å². The highest BCUT2D eigenvalue weighted by molar-refractivity contribution is 5.92. The van der Waals surface area contributed by atoms with Gasteiger partial charge in [0.25, 0.3) is 5.91 Å². The number of aromatic nitrogens is 1. The minimum atomic E-state index is -0.0797. The van der Waals surface area contributed by atoms with Gasteiger partial charge in [0.2, 0.25) is 0 Å². The van der Waals surface area contributed by atoms with Crippen molar-refractivity contribution in [1.82, 2.24) is 10.5 Å². The quantitative estimate of drug-likeness (QED) is 0.915. The summed E-state index contributed by atoms with van der Waals surface area (Å²) in [5.41, 5.74) is 0.419. The molecule has 3 rings (SSSR count). The first-order valence-electron chi connectivity index (χ1n) is 7.92. The van der Waals surface area contributed by atoms with Gasteiger partial charge in [0, 0.05) is 18.0 Å². The summed E-state index contributed by atoms with van der Waals surface area (Å²) in [6.07, 6.45) is 7.95. The summed E-state index contributed by atoms with van der Waals surface area (Å²) < 4.78 is 5.18. The van der Waals surface area contributed by atoms with E-state index in [-0.39, 0.29) is 11.8 Å². The fourth-order valence-corrected chi connectivity index (χ4v) is 3.37. The molecule has 0 radical (unpaired) electrons. The molecular formula is C16H24N2O2. The summed E-state index contributed by atoms with van der Waals surface area (Å²) in [6.45, 7) is 4.06. The van der Waals surface area contributed by atoms with Crippen LogP contribution in [0.5, 0.6) is 0 Å². The molecule has 0 spiro atoms. The molecule has 1 heterocycles. The molecule has 1 amide bonds. The van der Waals surface area contributed by atoms with E-state index in [0.717, 1.165) is 18.1 Å². The summed E-state index contributed by atoms with van der Waals surface area (Å²) in [7, 11) is 0. The largest absolute Gasteiger partial charge is 0.360 e. The fraction of sp³-hybridized carbons (Fsp3) is 0.750. The van der Waals surface area contributed by atoms with Gasteiger partial charge in [-0.3, -0.25) is 4.79 Å². The molecule has 20 heavy (non-hydrogen) atoms. The van der Waals surface area contributed by atoms with E-state index in [4.69, 9.17) is 4.52 Å². The number of rotatable bonds is 4. The smallest absolute Gasteiger partial charge is 0.273 e. The predicted octanol–water partition coefficient (Wildman–Crippen LogP) is 3.50. The third-order valence-electron chi connectivity index (χ3n) is 4.74. The van der Waals surface area contributed by atoms with E-state index in [2.05, 4.69) is 10.5 Å². The van der Waals surface area contributed by atoms with Gasteiger partial charge in [0.1, 0.15) is 5.76 Å². The summed E-state index contributed by atoms with van der Waals surface area (Å²) in [4.78, 5) is 12.1. The molecule has 2 saturated carbocycles. The Hall–Kier alpha value is -1.32. The lowest BCUT2D eigenvalue weighted by molar-refractivity contribution is 0.0937. The molecule has 110 valence electrons. The molecule has 2 aliphatic rings. The van der Waals surface area contributed by atoms with E-state index >= 15 is 0 Å². The van der Waals surface area contributed by atoms with Gasteiger partial charge in [-0.05, 0) is 18.3 Å². The molecule has 0 saturated heterocycles. The van der Waals surface area contributed by atoms with Gasteiger partial charge in [-0.25, -0.2) is 0 Å². The van der Waals surface area contributed by atoms with Crippen molar-refractivity contribution >= 4 is 5.91 Å². The average Bonchev–Trinajstić information content (AvgIpc) is 3.02. The molecule has 0 bridgehead atoms. The van der Waals surface area contributed by atoms with Crippen molar-refractivity contribution < 1.29 is 9.32 Å². The first kappa shape index (κ1) is 13.7. The van der Waals surface area contributed by atoms with Crippen LogP contribution in [-0.2, 0) is 0 Å². The minimum Gasteiger partial charge on any atom is -0.360 e. The molecule has 0 aromatic carbocycles. The Bertz CT molecular complexity index is 475. The lowest BCUT2D eigenvalue weighted by Gasteiger charge is -2.21. The van der Waals surface area contributed by atoms with Gasteiger partial charge >= 0.3 is 0 Å². The van der Waals surface area contributed by atoms with Crippen molar-refractivity contribution in [3.8, 4) is 0 Å². The van der Waals surface area contributed by atoms with Crippen LogP contribution in [0.4, 0.5) is 0 Å². The average molecular weight is 276 g/mol. The van der Waals surface area contributed by atoms with E-state index in [0.29, 0.717) is 17.7 Å². The van der Waals surface area contributed by atoms with Crippen LogP contribution >= 0.6 is 0 Å². The summed E-state index contributed by atoms with van der Waals surface area (Å²) in [5, 5.41) is 6.98. The monoisotopic (exact) mass is 276 g/mol. The van der Waals surface area contributed by atoms with Crippen molar-refractivity contribution in [2.24, 2.45) is 11.8 Å². The van der Waals surface area contributed by atoms with E-state index in [1.807, 2.05) is 13.8 Å². The molecule has 2 atom stereocenters. The minimum absolute atomic E-state index is 0.0797. The SMILES string of the molecule is CC(C)c1cc(C(=O)N[C@H]2C[C@H]2C2CCCCC2)no1. The molecule has 4 nitrogen and oxygen atoms in total. The second kappa shape index (κ2) is 5.58. The molecule has 2 fully saturated rings. The van der Waals surface area contributed by atoms with E-state index in [1.54, 1.807) is 6.07 Å². The van der Waals surface area contributed by atoms with Crippen LogP contribution in [0.3, 0.4) is 0 Å². The number of hydrogen-bond acceptors (Lipinski definition) is 3. The van der Waals surface area contributed by atoms with Crippen molar-refractivity contribution in [1.29, 1.82) is 0 Å². The van der Waals surface area contributed by atoms with Crippen molar-refractivity contribution in [3.05, 3.63) is 17.5 Å². The van der Waals surface area contributed by atoms with Gasteiger partial charge in [-0.1, -0.05) is 51.1 Å². The Labute approximate surface area is 120 Å². The maximum atomic E-state index is 12.1. The third-order valence-corrected chi connectivity index (χ3v) is 4.74. The molecule has 1 aromatic rings. The van der Waals surface area contributed by atoms with Crippen LogP contribution < -0.4 is 5.32 Å². The number of amides is 1. The number of nitrogens with one attached hydrogen (secondary N) is 1. The van der Waals surface area contributed by atoms with E-state index in [9.17, 15) is 4.79 Å². The normalized spacial score (nSPS) is 26.8. The first-order chi connectivity index (χ1) is 9.65. The maximum absolute atomic E-state index is 12.1. The second-order valence-electron chi connectivity index (χ2n) is 6.65. The van der Waals surface area contributed by atoms with Crippen LogP contribution in [0.25, 0.3) is 0 Å². The van der Waals surface area contributed by atoms with Crippen LogP contribution in [-0.4, -0.2) is 17.1 Å². The molecule has 0 aliphatic heterocycles. The Morgan fingerprint density at radius 1 is 1.35 bits per heavy atom. The Kier molecular flexibility index (Phi) is 3.81. The number of carbonyl (C=O) groups is 1. The van der Waals surface area contributed by atoms with Gasteiger partial charge in [-0.15, -0.1) is 0 Å². The zero-order valence-electron chi connectivity index (χ0n) is 12.4. The predicted molar refractivity (Wildman–Crippen MR) is 76.5 cm³/mol. The number of hydrogen-bond donors (Lipinski definition) is 1. The zero-order valence-corrected chi connectivity index (χ0v) is 12.4. The molecule has 0 unspecified atom stereocenters. The first-order valence-corrected chi connectivity index (χ1v) is 7.92. The van der Waals surface area contributed by atoms with E-state index in [1.165, 1.54) is 32.1 Å². The lowest BCUT2D eigenvalue weighted by Crippen LogP contribution is -2.28. The third kappa shape index (κ3) is 2.89. The molecule has 4 heteroatoms. The van der Waals surface area contributed by atoms with Crippen LogP contribution in [0, 0.1) is 11.8 Å². The number of nitrogens with zero attached hydrogens (tertiary/aromatic N) is 1. The highest BCUT2D eigenvalue weighted by atomic mass is 16.5. The molecule has 1 N–H and O–H groups in total. The van der Waals surface area contributed by atoms with Gasteiger partial charge < -0.3 is 9.84 Å². The van der Waals surface area contributed by atoms with Crippen LogP contribution in [0.2, 0.25) is 0 Å². The lowest BCUT2D eigenvalue weighted by atomic mass is 9.85. The standard InChI is InChI=1S/C16H24N2O2/c1-10(2)15-9-14(18-20-15)16(19)17-13-8-12(13)11-6-4-3-5-7-11/h9-13H,3-8H2,1-2H3,(H,17,19)/t12-,13-/m0/s1. The van der Waals surface area contributed by atoms with Gasteiger partial charge in [0.15, 0.2) is 5.69 Å². The van der Waals surface area contributed by atoms with Crippen LogP contribution in [0.1, 0.15) is 74.5 Å². The second-order valence-corrected chi connectivity index (χ2v) is 6.65.